The minimum Gasteiger partial charge on any atom is -0.507 e. The van der Waals surface area contributed by atoms with Crippen LogP contribution in [-0.4, -0.2) is 5.11 Å². The molecule has 2 nitrogen and oxygen atoms in total. The molecule has 16 heavy (non-hydrogen) atoms. The van der Waals surface area contributed by atoms with Gasteiger partial charge < -0.3 is 5.11 Å². The van der Waals surface area contributed by atoms with Gasteiger partial charge in [0.2, 0.25) is 0 Å². The normalized spacial score (nSPS) is 9.75. The molecule has 0 aliphatic heterocycles. The molecular formula is C13H8ClNO. The fourth-order valence-corrected chi connectivity index (χ4v) is 1.57. The van der Waals surface area contributed by atoms with Gasteiger partial charge in [-0.3, -0.25) is 0 Å². The second-order valence-corrected chi connectivity index (χ2v) is 3.79. The number of hydrogen-bond acceptors (Lipinski definition) is 2. The van der Waals surface area contributed by atoms with Crippen LogP contribution in [0.25, 0.3) is 11.1 Å². The number of benzene rings is 2. The Morgan fingerprint density at radius 1 is 1.00 bits per heavy atom. The lowest BCUT2D eigenvalue weighted by molar-refractivity contribution is 0.473. The number of aromatic hydroxyl groups is 1. The third-order valence-electron chi connectivity index (χ3n) is 2.29. The third kappa shape index (κ3) is 2.00. The summed E-state index contributed by atoms with van der Waals surface area (Å²) in [4.78, 5) is 0. The third-order valence-corrected chi connectivity index (χ3v) is 2.55. The second kappa shape index (κ2) is 4.26. The number of nitriles is 1. The Kier molecular flexibility index (Phi) is 2.80. The molecule has 0 saturated heterocycles. The van der Waals surface area contributed by atoms with Gasteiger partial charge in [0, 0.05) is 5.02 Å². The Balaban J connectivity index is 2.49. The first-order chi connectivity index (χ1) is 7.70. The number of halogens is 1. The summed E-state index contributed by atoms with van der Waals surface area (Å²) in [7, 11) is 0. The van der Waals surface area contributed by atoms with E-state index in [1.165, 1.54) is 6.07 Å². The van der Waals surface area contributed by atoms with Gasteiger partial charge in [-0.25, -0.2) is 0 Å². The highest BCUT2D eigenvalue weighted by molar-refractivity contribution is 6.30. The highest BCUT2D eigenvalue weighted by atomic mass is 35.5. The van der Waals surface area contributed by atoms with Gasteiger partial charge in [0.25, 0.3) is 0 Å². The molecule has 1 N–H and O–H groups in total. The summed E-state index contributed by atoms with van der Waals surface area (Å²) in [5.41, 5.74) is 2.11. The van der Waals surface area contributed by atoms with E-state index in [2.05, 4.69) is 0 Å². The topological polar surface area (TPSA) is 44.0 Å². The Labute approximate surface area is 98.3 Å². The molecule has 0 spiro atoms. The quantitative estimate of drug-likeness (QED) is 0.812. The summed E-state index contributed by atoms with van der Waals surface area (Å²) < 4.78 is 0. The van der Waals surface area contributed by atoms with E-state index in [0.29, 0.717) is 5.02 Å². The van der Waals surface area contributed by atoms with E-state index in [1.54, 1.807) is 24.3 Å². The van der Waals surface area contributed by atoms with E-state index >= 15 is 0 Å². The molecule has 0 aliphatic carbocycles. The van der Waals surface area contributed by atoms with Crippen LogP contribution in [-0.2, 0) is 0 Å². The Hall–Kier alpha value is -1.98. The lowest BCUT2D eigenvalue weighted by Crippen LogP contribution is -1.81. The van der Waals surface area contributed by atoms with Crippen molar-refractivity contribution in [1.82, 2.24) is 0 Å². The maximum atomic E-state index is 9.38. The molecule has 0 fully saturated rings. The van der Waals surface area contributed by atoms with Crippen molar-refractivity contribution in [1.29, 1.82) is 5.26 Å². The lowest BCUT2D eigenvalue weighted by Gasteiger charge is -2.03. The van der Waals surface area contributed by atoms with Crippen LogP contribution < -0.4 is 0 Å². The number of hydrogen-bond donors (Lipinski definition) is 1. The highest BCUT2D eigenvalue weighted by Gasteiger charge is 2.03. The van der Waals surface area contributed by atoms with Gasteiger partial charge in [0.05, 0.1) is 5.56 Å². The number of phenols is 1. The molecule has 0 saturated carbocycles. The van der Waals surface area contributed by atoms with Crippen molar-refractivity contribution >= 4 is 11.6 Å². The minimum absolute atomic E-state index is 0.000198. The average Bonchev–Trinajstić information content (AvgIpc) is 2.31. The maximum absolute atomic E-state index is 9.38. The van der Waals surface area contributed by atoms with Crippen LogP contribution in [0, 0.1) is 11.3 Å². The summed E-state index contributed by atoms with van der Waals surface area (Å²) in [5, 5.41) is 18.9. The highest BCUT2D eigenvalue weighted by Crippen LogP contribution is 2.26. The SMILES string of the molecule is N#Cc1cc(-c2ccc(Cl)cc2)ccc1O. The van der Waals surface area contributed by atoms with Crippen molar-refractivity contribution in [3.63, 3.8) is 0 Å². The fraction of sp³-hybridized carbons (Fsp3) is 0. The lowest BCUT2D eigenvalue weighted by atomic mass is 10.0. The van der Waals surface area contributed by atoms with E-state index in [4.69, 9.17) is 16.9 Å². The van der Waals surface area contributed by atoms with Crippen LogP contribution in [0.1, 0.15) is 5.56 Å². The molecule has 2 aromatic rings. The molecular weight excluding hydrogens is 222 g/mol. The van der Waals surface area contributed by atoms with Crippen LogP contribution in [0.5, 0.6) is 5.75 Å². The minimum atomic E-state index is 0.000198. The molecule has 0 radical (unpaired) electrons. The first-order valence-corrected chi connectivity index (χ1v) is 5.07. The molecule has 0 amide bonds. The van der Waals surface area contributed by atoms with Crippen molar-refractivity contribution in [2.24, 2.45) is 0 Å². The molecule has 0 atom stereocenters. The summed E-state index contributed by atoms with van der Waals surface area (Å²) in [6, 6.07) is 14.2. The number of rotatable bonds is 1. The monoisotopic (exact) mass is 229 g/mol. The summed E-state index contributed by atoms with van der Waals surface area (Å²) >= 11 is 5.79. The van der Waals surface area contributed by atoms with Crippen molar-refractivity contribution in [3.8, 4) is 22.9 Å². The van der Waals surface area contributed by atoms with Crippen molar-refractivity contribution < 1.29 is 5.11 Å². The predicted molar refractivity (Wildman–Crippen MR) is 63.3 cm³/mol. The van der Waals surface area contributed by atoms with E-state index in [0.717, 1.165) is 11.1 Å². The predicted octanol–water partition coefficient (Wildman–Crippen LogP) is 3.58. The van der Waals surface area contributed by atoms with Gasteiger partial charge in [0.15, 0.2) is 0 Å². The molecule has 0 heterocycles. The largest absolute Gasteiger partial charge is 0.507 e. The molecule has 0 aromatic heterocycles. The number of nitrogens with zero attached hydrogens (tertiary/aromatic N) is 1. The first-order valence-electron chi connectivity index (χ1n) is 4.70. The van der Waals surface area contributed by atoms with Crippen molar-refractivity contribution in [3.05, 3.63) is 53.1 Å². The van der Waals surface area contributed by atoms with Crippen molar-refractivity contribution in [2.45, 2.75) is 0 Å². The zero-order valence-corrected chi connectivity index (χ0v) is 9.07. The van der Waals surface area contributed by atoms with Crippen LogP contribution >= 0.6 is 11.6 Å². The molecule has 2 rings (SSSR count). The first kappa shape index (κ1) is 10.5. The van der Waals surface area contributed by atoms with Gasteiger partial charge in [-0.2, -0.15) is 5.26 Å². The average molecular weight is 230 g/mol. The number of phenolic OH excluding ortho intramolecular Hbond substituents is 1. The second-order valence-electron chi connectivity index (χ2n) is 3.35. The van der Waals surface area contributed by atoms with E-state index in [9.17, 15) is 5.11 Å². The van der Waals surface area contributed by atoms with Crippen LogP contribution in [0.15, 0.2) is 42.5 Å². The summed E-state index contributed by atoms with van der Waals surface area (Å²) in [6.45, 7) is 0. The standard InChI is InChI=1S/C13H8ClNO/c14-12-4-1-9(2-5-12)10-3-6-13(16)11(7-10)8-15/h1-7,16H. The summed E-state index contributed by atoms with van der Waals surface area (Å²) in [6.07, 6.45) is 0. The van der Waals surface area contributed by atoms with E-state index in [-0.39, 0.29) is 11.3 Å². The van der Waals surface area contributed by atoms with Gasteiger partial charge in [-0.15, -0.1) is 0 Å². The Morgan fingerprint density at radius 2 is 1.62 bits per heavy atom. The van der Waals surface area contributed by atoms with Gasteiger partial charge >= 0.3 is 0 Å². The van der Waals surface area contributed by atoms with E-state index < -0.39 is 0 Å². The molecule has 3 heteroatoms. The molecule has 2 aromatic carbocycles. The van der Waals surface area contributed by atoms with Crippen LogP contribution in [0.3, 0.4) is 0 Å². The summed E-state index contributed by atoms with van der Waals surface area (Å²) in [5.74, 6) is 0.000198. The van der Waals surface area contributed by atoms with Gasteiger partial charge in [-0.05, 0) is 35.4 Å². The van der Waals surface area contributed by atoms with Crippen LogP contribution in [0.2, 0.25) is 5.02 Å². The smallest absolute Gasteiger partial charge is 0.133 e. The Morgan fingerprint density at radius 3 is 2.25 bits per heavy atom. The van der Waals surface area contributed by atoms with Gasteiger partial charge in [-0.1, -0.05) is 29.8 Å². The van der Waals surface area contributed by atoms with Crippen LogP contribution in [0.4, 0.5) is 0 Å². The fourth-order valence-electron chi connectivity index (χ4n) is 1.45. The van der Waals surface area contributed by atoms with Gasteiger partial charge in [0.1, 0.15) is 11.8 Å². The van der Waals surface area contributed by atoms with E-state index in [1.807, 2.05) is 18.2 Å². The molecule has 0 aliphatic rings. The molecule has 0 unspecified atom stereocenters. The van der Waals surface area contributed by atoms with Crippen molar-refractivity contribution in [2.75, 3.05) is 0 Å². The molecule has 78 valence electrons. The zero-order chi connectivity index (χ0) is 11.5. The zero-order valence-electron chi connectivity index (χ0n) is 8.31. The Bertz CT molecular complexity index is 555. The maximum Gasteiger partial charge on any atom is 0.133 e. The molecule has 0 bridgehead atoms.